The highest BCUT2D eigenvalue weighted by Crippen LogP contribution is 2.31. The molecule has 0 unspecified atom stereocenters. The Morgan fingerprint density at radius 1 is 1.40 bits per heavy atom. The summed E-state index contributed by atoms with van der Waals surface area (Å²) >= 11 is 4.85. The normalized spacial score (nSPS) is 11.0. The van der Waals surface area contributed by atoms with E-state index in [0.717, 1.165) is 22.2 Å². The molecule has 0 N–H and O–H groups in total. The second-order valence-corrected chi connectivity index (χ2v) is 4.76. The van der Waals surface area contributed by atoms with Gasteiger partial charge in [0.1, 0.15) is 0 Å². The molecule has 0 aliphatic carbocycles. The SMILES string of the molecule is CSc1cccc(C(F)F)c1CCCBr. The molecular formula is C11H13BrF2S. The molecule has 0 atom stereocenters. The maximum atomic E-state index is 12.8. The third-order valence-electron chi connectivity index (χ3n) is 2.18. The van der Waals surface area contributed by atoms with Crippen LogP contribution in [0.4, 0.5) is 8.78 Å². The van der Waals surface area contributed by atoms with Crippen molar-refractivity contribution < 1.29 is 8.78 Å². The van der Waals surface area contributed by atoms with Crippen molar-refractivity contribution in [3.8, 4) is 0 Å². The number of thioether (sulfide) groups is 1. The summed E-state index contributed by atoms with van der Waals surface area (Å²) in [7, 11) is 0. The van der Waals surface area contributed by atoms with Crippen molar-refractivity contribution in [1.82, 2.24) is 0 Å². The van der Waals surface area contributed by atoms with E-state index in [1.165, 1.54) is 17.8 Å². The molecule has 4 heteroatoms. The van der Waals surface area contributed by atoms with E-state index in [0.29, 0.717) is 6.42 Å². The van der Waals surface area contributed by atoms with Crippen LogP contribution in [0.5, 0.6) is 0 Å². The molecule has 0 saturated carbocycles. The average Bonchev–Trinajstić information content (AvgIpc) is 2.25. The van der Waals surface area contributed by atoms with E-state index in [1.54, 1.807) is 6.07 Å². The second-order valence-electron chi connectivity index (χ2n) is 3.12. The molecule has 0 aliphatic rings. The lowest BCUT2D eigenvalue weighted by Gasteiger charge is -2.12. The molecule has 0 fully saturated rings. The van der Waals surface area contributed by atoms with Gasteiger partial charge in [-0.05, 0) is 30.7 Å². The zero-order valence-electron chi connectivity index (χ0n) is 8.47. The first-order valence-electron chi connectivity index (χ1n) is 4.70. The highest BCUT2D eigenvalue weighted by atomic mass is 79.9. The van der Waals surface area contributed by atoms with E-state index in [1.807, 2.05) is 12.3 Å². The Morgan fingerprint density at radius 3 is 2.67 bits per heavy atom. The van der Waals surface area contributed by atoms with Crippen LogP contribution in [0, 0.1) is 0 Å². The molecule has 15 heavy (non-hydrogen) atoms. The van der Waals surface area contributed by atoms with Gasteiger partial charge in [0.2, 0.25) is 0 Å². The van der Waals surface area contributed by atoms with Crippen LogP contribution in [0.3, 0.4) is 0 Å². The highest BCUT2D eigenvalue weighted by Gasteiger charge is 2.14. The summed E-state index contributed by atoms with van der Waals surface area (Å²) in [6.07, 6.45) is 1.14. The largest absolute Gasteiger partial charge is 0.264 e. The van der Waals surface area contributed by atoms with E-state index in [2.05, 4.69) is 15.9 Å². The molecular weight excluding hydrogens is 282 g/mol. The lowest BCUT2D eigenvalue weighted by molar-refractivity contribution is 0.150. The third-order valence-corrected chi connectivity index (χ3v) is 3.57. The standard InChI is InChI=1S/C11H13BrF2S/c1-15-10-6-2-4-9(11(13)14)8(10)5-3-7-12/h2,4,6,11H,3,5,7H2,1H3. The number of hydrogen-bond donors (Lipinski definition) is 0. The van der Waals surface area contributed by atoms with Gasteiger partial charge in [-0.2, -0.15) is 0 Å². The molecule has 0 heterocycles. The van der Waals surface area contributed by atoms with Gasteiger partial charge in [0.25, 0.3) is 6.43 Å². The number of alkyl halides is 3. The Balaban J connectivity index is 3.03. The zero-order valence-corrected chi connectivity index (χ0v) is 10.9. The van der Waals surface area contributed by atoms with Gasteiger partial charge < -0.3 is 0 Å². The van der Waals surface area contributed by atoms with Gasteiger partial charge in [-0.15, -0.1) is 11.8 Å². The fourth-order valence-electron chi connectivity index (χ4n) is 1.49. The monoisotopic (exact) mass is 294 g/mol. The molecule has 0 amide bonds. The van der Waals surface area contributed by atoms with Crippen molar-refractivity contribution in [2.45, 2.75) is 24.2 Å². The Hall–Kier alpha value is -0.0900. The van der Waals surface area contributed by atoms with Gasteiger partial charge >= 0.3 is 0 Å². The fraction of sp³-hybridized carbons (Fsp3) is 0.455. The van der Waals surface area contributed by atoms with Crippen molar-refractivity contribution in [3.63, 3.8) is 0 Å². The first kappa shape index (κ1) is 13.0. The van der Waals surface area contributed by atoms with Crippen LogP contribution >= 0.6 is 27.7 Å². The lowest BCUT2D eigenvalue weighted by atomic mass is 10.0. The summed E-state index contributed by atoms with van der Waals surface area (Å²) in [4.78, 5) is 0.966. The molecule has 0 aliphatic heterocycles. The van der Waals surface area contributed by atoms with Crippen molar-refractivity contribution in [2.24, 2.45) is 0 Å². The molecule has 84 valence electrons. The summed E-state index contributed by atoms with van der Waals surface area (Å²) < 4.78 is 25.5. The Labute approximate surface area is 102 Å². The van der Waals surface area contributed by atoms with Crippen molar-refractivity contribution >= 4 is 27.7 Å². The van der Waals surface area contributed by atoms with Crippen molar-refractivity contribution in [3.05, 3.63) is 29.3 Å². The second kappa shape index (κ2) is 6.48. The van der Waals surface area contributed by atoms with Crippen LogP contribution in [0.25, 0.3) is 0 Å². The predicted molar refractivity (Wildman–Crippen MR) is 65.3 cm³/mol. The Morgan fingerprint density at radius 2 is 2.13 bits per heavy atom. The maximum Gasteiger partial charge on any atom is 0.264 e. The lowest BCUT2D eigenvalue weighted by Crippen LogP contribution is -1.98. The van der Waals surface area contributed by atoms with Crippen LogP contribution in [-0.4, -0.2) is 11.6 Å². The maximum absolute atomic E-state index is 12.8. The summed E-state index contributed by atoms with van der Waals surface area (Å²) in [6, 6.07) is 5.12. The quantitative estimate of drug-likeness (QED) is 0.561. The highest BCUT2D eigenvalue weighted by molar-refractivity contribution is 9.09. The summed E-state index contributed by atoms with van der Waals surface area (Å²) in [6.45, 7) is 0. The summed E-state index contributed by atoms with van der Waals surface area (Å²) in [5, 5.41) is 0.846. The number of benzene rings is 1. The molecule has 0 bridgehead atoms. The van der Waals surface area contributed by atoms with Crippen LogP contribution in [-0.2, 0) is 6.42 Å². The molecule has 1 aromatic carbocycles. The van der Waals surface area contributed by atoms with Crippen LogP contribution in [0.1, 0.15) is 24.0 Å². The molecule has 0 nitrogen and oxygen atoms in total. The van der Waals surface area contributed by atoms with E-state index in [-0.39, 0.29) is 5.56 Å². The summed E-state index contributed by atoms with van der Waals surface area (Å²) in [5.74, 6) is 0. The zero-order chi connectivity index (χ0) is 11.3. The van der Waals surface area contributed by atoms with Gasteiger partial charge in [0, 0.05) is 15.8 Å². The minimum absolute atomic E-state index is 0.183. The van der Waals surface area contributed by atoms with Gasteiger partial charge in [-0.25, -0.2) is 8.78 Å². The first-order valence-corrected chi connectivity index (χ1v) is 7.05. The predicted octanol–water partition coefficient (Wildman–Crippen LogP) is 4.67. The van der Waals surface area contributed by atoms with Gasteiger partial charge in [0.05, 0.1) is 0 Å². The average molecular weight is 295 g/mol. The number of rotatable bonds is 5. The molecule has 1 rings (SSSR count). The molecule has 0 radical (unpaired) electrons. The van der Waals surface area contributed by atoms with Crippen LogP contribution < -0.4 is 0 Å². The minimum Gasteiger partial charge on any atom is -0.205 e. The number of halogens is 3. The van der Waals surface area contributed by atoms with Gasteiger partial charge in [0.15, 0.2) is 0 Å². The molecule has 0 saturated heterocycles. The fourth-order valence-corrected chi connectivity index (χ4v) is 2.45. The van der Waals surface area contributed by atoms with Gasteiger partial charge in [-0.1, -0.05) is 28.1 Å². The molecule has 0 spiro atoms. The molecule has 1 aromatic rings. The van der Waals surface area contributed by atoms with Crippen molar-refractivity contribution in [2.75, 3.05) is 11.6 Å². The van der Waals surface area contributed by atoms with E-state index in [4.69, 9.17) is 0 Å². The van der Waals surface area contributed by atoms with Crippen LogP contribution in [0.2, 0.25) is 0 Å². The van der Waals surface area contributed by atoms with E-state index >= 15 is 0 Å². The summed E-state index contributed by atoms with van der Waals surface area (Å²) in [5.41, 5.74) is 0.988. The third kappa shape index (κ3) is 3.45. The number of hydrogen-bond acceptors (Lipinski definition) is 1. The smallest absolute Gasteiger partial charge is 0.205 e. The van der Waals surface area contributed by atoms with E-state index < -0.39 is 6.43 Å². The van der Waals surface area contributed by atoms with Crippen molar-refractivity contribution in [1.29, 1.82) is 0 Å². The first-order chi connectivity index (χ1) is 7.20. The minimum atomic E-state index is -2.37. The Bertz CT molecular complexity index is 315. The topological polar surface area (TPSA) is 0 Å². The molecule has 0 aromatic heterocycles. The van der Waals surface area contributed by atoms with Gasteiger partial charge in [-0.3, -0.25) is 0 Å². The Kier molecular flexibility index (Phi) is 5.61. The van der Waals surface area contributed by atoms with Crippen LogP contribution in [0.15, 0.2) is 23.1 Å². The van der Waals surface area contributed by atoms with E-state index in [9.17, 15) is 8.78 Å².